The normalized spacial score (nSPS) is 21.4. The number of carbonyl (C=O) groups is 1. The van der Waals surface area contributed by atoms with Gasteiger partial charge in [-0.2, -0.15) is 0 Å². The van der Waals surface area contributed by atoms with Crippen LogP contribution in [-0.4, -0.2) is 36.0 Å². The van der Waals surface area contributed by atoms with Crippen molar-refractivity contribution in [2.75, 3.05) is 19.6 Å². The first-order valence-electron chi connectivity index (χ1n) is 7.27. The van der Waals surface area contributed by atoms with Crippen molar-refractivity contribution in [3.05, 3.63) is 0 Å². The van der Waals surface area contributed by atoms with Gasteiger partial charge in [0.15, 0.2) is 0 Å². The molecule has 1 heterocycles. The topological polar surface area (TPSA) is 32.3 Å². The van der Waals surface area contributed by atoms with Crippen LogP contribution in [0.3, 0.4) is 0 Å². The van der Waals surface area contributed by atoms with Crippen LogP contribution in [0.2, 0.25) is 0 Å². The third kappa shape index (κ3) is 5.38. The monoisotopic (exact) mass is 254 g/mol. The lowest BCUT2D eigenvalue weighted by Crippen LogP contribution is -2.47. The van der Waals surface area contributed by atoms with Crippen molar-refractivity contribution >= 4 is 5.91 Å². The van der Waals surface area contributed by atoms with E-state index in [1.807, 2.05) is 0 Å². The third-order valence-corrected chi connectivity index (χ3v) is 4.16. The minimum Gasteiger partial charge on any atom is -0.350 e. The maximum absolute atomic E-state index is 12.0. The van der Waals surface area contributed by atoms with Crippen LogP contribution >= 0.6 is 0 Å². The van der Waals surface area contributed by atoms with E-state index in [0.29, 0.717) is 12.0 Å². The highest BCUT2D eigenvalue weighted by molar-refractivity contribution is 5.78. The van der Waals surface area contributed by atoms with Crippen molar-refractivity contribution in [3.8, 4) is 0 Å². The van der Waals surface area contributed by atoms with Gasteiger partial charge in [-0.15, -0.1) is 0 Å². The summed E-state index contributed by atoms with van der Waals surface area (Å²) in [5.41, 5.74) is 0.357. The van der Waals surface area contributed by atoms with Crippen molar-refractivity contribution in [1.29, 1.82) is 0 Å². The molecule has 106 valence electrons. The second-order valence-corrected chi connectivity index (χ2v) is 7.08. The zero-order valence-electron chi connectivity index (χ0n) is 12.8. The molecule has 0 unspecified atom stereocenters. The highest BCUT2D eigenvalue weighted by Crippen LogP contribution is 2.29. The van der Waals surface area contributed by atoms with E-state index in [-0.39, 0.29) is 11.4 Å². The summed E-state index contributed by atoms with van der Waals surface area (Å²) in [5, 5.41) is 3.11. The molecule has 3 heteroatoms. The van der Waals surface area contributed by atoms with Gasteiger partial charge < -0.3 is 5.32 Å². The van der Waals surface area contributed by atoms with Gasteiger partial charge in [-0.05, 0) is 58.0 Å². The lowest BCUT2D eigenvalue weighted by atomic mass is 9.85. The molecule has 1 rings (SSSR count). The summed E-state index contributed by atoms with van der Waals surface area (Å²) in [6.45, 7) is 13.6. The summed E-state index contributed by atoms with van der Waals surface area (Å²) in [7, 11) is 0. The van der Waals surface area contributed by atoms with Crippen LogP contribution in [-0.2, 0) is 4.79 Å². The lowest BCUT2D eigenvalue weighted by Gasteiger charge is -2.27. The lowest BCUT2D eigenvalue weighted by molar-refractivity contribution is -0.123. The summed E-state index contributed by atoms with van der Waals surface area (Å²) in [6, 6.07) is 0. The number of hydrogen-bond donors (Lipinski definition) is 1. The van der Waals surface area contributed by atoms with E-state index in [1.165, 1.54) is 19.3 Å². The van der Waals surface area contributed by atoms with Gasteiger partial charge in [-0.25, -0.2) is 0 Å². The summed E-state index contributed by atoms with van der Waals surface area (Å²) in [4.78, 5) is 14.3. The number of rotatable bonds is 4. The minimum atomic E-state index is -0.0811. The van der Waals surface area contributed by atoms with Crippen LogP contribution in [0.4, 0.5) is 0 Å². The molecule has 0 spiro atoms. The fourth-order valence-corrected chi connectivity index (χ4v) is 2.35. The molecule has 0 atom stereocenters. The fraction of sp³-hybridized carbons (Fsp3) is 0.933. The van der Waals surface area contributed by atoms with Crippen LogP contribution < -0.4 is 5.32 Å². The molecule has 1 aliphatic rings. The van der Waals surface area contributed by atoms with Gasteiger partial charge in [0.2, 0.25) is 5.91 Å². The molecular weight excluding hydrogens is 224 g/mol. The number of hydrogen-bond acceptors (Lipinski definition) is 2. The molecule has 18 heavy (non-hydrogen) atoms. The highest BCUT2D eigenvalue weighted by Gasteiger charge is 2.25. The quantitative estimate of drug-likeness (QED) is 0.836. The zero-order valence-corrected chi connectivity index (χ0v) is 12.8. The molecular formula is C15H30N2O. The van der Waals surface area contributed by atoms with Crippen molar-refractivity contribution in [3.63, 3.8) is 0 Å². The van der Waals surface area contributed by atoms with Gasteiger partial charge in [0, 0.05) is 5.54 Å². The first-order chi connectivity index (χ1) is 8.24. The number of amides is 1. The maximum Gasteiger partial charge on any atom is 0.234 e. The first kappa shape index (κ1) is 15.5. The van der Waals surface area contributed by atoms with Crippen molar-refractivity contribution < 1.29 is 4.79 Å². The van der Waals surface area contributed by atoms with E-state index in [1.54, 1.807) is 0 Å². The molecule has 0 aromatic carbocycles. The van der Waals surface area contributed by atoms with Gasteiger partial charge in [-0.1, -0.05) is 20.8 Å². The minimum absolute atomic E-state index is 0.0811. The number of carbonyl (C=O) groups excluding carboxylic acids is 1. The van der Waals surface area contributed by atoms with Crippen molar-refractivity contribution in [1.82, 2.24) is 10.2 Å². The molecule has 1 aliphatic heterocycles. The Balaban J connectivity index is 2.41. The molecule has 0 bridgehead atoms. The summed E-state index contributed by atoms with van der Waals surface area (Å²) >= 11 is 0. The number of nitrogens with zero attached hydrogens (tertiary/aromatic N) is 1. The molecule has 1 amide bonds. The Morgan fingerprint density at radius 2 is 1.94 bits per heavy atom. The Morgan fingerprint density at radius 3 is 2.56 bits per heavy atom. The van der Waals surface area contributed by atoms with Gasteiger partial charge in [0.1, 0.15) is 0 Å². The Morgan fingerprint density at radius 1 is 1.28 bits per heavy atom. The molecule has 0 aromatic rings. The van der Waals surface area contributed by atoms with Gasteiger partial charge in [0.25, 0.3) is 0 Å². The molecule has 0 aromatic heterocycles. The third-order valence-electron chi connectivity index (χ3n) is 4.16. The van der Waals surface area contributed by atoms with Gasteiger partial charge >= 0.3 is 0 Å². The van der Waals surface area contributed by atoms with Crippen LogP contribution in [0.5, 0.6) is 0 Å². The largest absolute Gasteiger partial charge is 0.350 e. The fourth-order valence-electron chi connectivity index (χ4n) is 2.35. The summed E-state index contributed by atoms with van der Waals surface area (Å²) in [6.07, 6.45) is 4.63. The van der Waals surface area contributed by atoms with E-state index < -0.39 is 0 Å². The average Bonchev–Trinajstić information content (AvgIpc) is 2.40. The van der Waals surface area contributed by atoms with Crippen LogP contribution in [0.1, 0.15) is 60.3 Å². The average molecular weight is 254 g/mol. The van der Waals surface area contributed by atoms with E-state index in [0.717, 1.165) is 19.5 Å². The smallest absolute Gasteiger partial charge is 0.234 e. The number of nitrogens with one attached hydrogen (secondary N) is 1. The highest BCUT2D eigenvalue weighted by atomic mass is 16.2. The Bertz CT molecular complexity index is 284. The van der Waals surface area contributed by atoms with Crippen molar-refractivity contribution in [2.45, 2.75) is 65.8 Å². The van der Waals surface area contributed by atoms with Crippen LogP contribution in [0, 0.1) is 5.41 Å². The Kier molecular flexibility index (Phi) is 5.20. The predicted octanol–water partition coefficient (Wildman–Crippen LogP) is 2.80. The predicted molar refractivity (Wildman–Crippen MR) is 76.6 cm³/mol. The van der Waals surface area contributed by atoms with Crippen molar-refractivity contribution in [2.24, 2.45) is 5.41 Å². The second-order valence-electron chi connectivity index (χ2n) is 7.08. The van der Waals surface area contributed by atoms with Gasteiger partial charge in [0.05, 0.1) is 6.54 Å². The zero-order chi connectivity index (χ0) is 13.8. The maximum atomic E-state index is 12.0. The van der Waals surface area contributed by atoms with E-state index >= 15 is 0 Å². The first-order valence-corrected chi connectivity index (χ1v) is 7.27. The van der Waals surface area contributed by atoms with Crippen LogP contribution in [0.25, 0.3) is 0 Å². The molecule has 3 nitrogen and oxygen atoms in total. The van der Waals surface area contributed by atoms with E-state index in [2.05, 4.69) is 44.8 Å². The number of likely N-dealkylation sites (tertiary alicyclic amines) is 1. The standard InChI is InChI=1S/C15H30N2O/c1-6-15(4,5)16-13(18)12-17-10-7-8-14(2,3)9-11-17/h6-12H2,1-5H3,(H,16,18). The molecule has 1 N–H and O–H groups in total. The van der Waals surface area contributed by atoms with Gasteiger partial charge in [-0.3, -0.25) is 9.69 Å². The molecule has 1 fully saturated rings. The second kappa shape index (κ2) is 6.05. The molecule has 0 saturated carbocycles. The SMILES string of the molecule is CCC(C)(C)NC(=O)CN1CCCC(C)(C)CC1. The van der Waals surface area contributed by atoms with Crippen LogP contribution in [0.15, 0.2) is 0 Å². The van der Waals surface area contributed by atoms with E-state index in [9.17, 15) is 4.79 Å². The summed E-state index contributed by atoms with van der Waals surface area (Å²) < 4.78 is 0. The molecule has 0 aliphatic carbocycles. The summed E-state index contributed by atoms with van der Waals surface area (Å²) in [5.74, 6) is 0.168. The Labute approximate surface area is 112 Å². The molecule has 1 saturated heterocycles. The van der Waals surface area contributed by atoms with E-state index in [4.69, 9.17) is 0 Å². The molecule has 0 radical (unpaired) electrons. The Hall–Kier alpha value is -0.570.